The van der Waals surface area contributed by atoms with Crippen LogP contribution in [0.1, 0.15) is 40.2 Å². The number of hydrogen-bond acceptors (Lipinski definition) is 4. The molecule has 7 nitrogen and oxygen atoms in total. The molecular formula is C23H23N3O4S. The molecule has 0 radical (unpaired) electrons. The quantitative estimate of drug-likeness (QED) is 0.437. The minimum Gasteiger partial charge on any atom is -0.366 e. The Morgan fingerprint density at radius 1 is 1.32 bits per heavy atom. The number of aryl methyl sites for hydroxylation is 2. The van der Waals surface area contributed by atoms with E-state index in [1.807, 2.05) is 44.2 Å². The van der Waals surface area contributed by atoms with Crippen molar-refractivity contribution in [3.63, 3.8) is 0 Å². The third-order valence-corrected chi connectivity index (χ3v) is 6.63. The van der Waals surface area contributed by atoms with Gasteiger partial charge in [-0.2, -0.15) is 0 Å². The summed E-state index contributed by atoms with van der Waals surface area (Å²) < 4.78 is 28.8. The van der Waals surface area contributed by atoms with Crippen molar-refractivity contribution >= 4 is 38.8 Å². The summed E-state index contributed by atoms with van der Waals surface area (Å²) in [4.78, 5) is 12.6. The SMILES string of the molecule is Cc1noc(C)c1-c1cc(C(N)=O)c2c(c1)c1c(CS(=O)O)cccc1n2CC1CC1. The third kappa shape index (κ3) is 3.36. The van der Waals surface area contributed by atoms with E-state index < -0.39 is 17.0 Å². The Morgan fingerprint density at radius 3 is 2.71 bits per heavy atom. The van der Waals surface area contributed by atoms with Crippen LogP contribution in [0, 0.1) is 19.8 Å². The Hall–Kier alpha value is -2.97. The number of hydrogen-bond donors (Lipinski definition) is 2. The van der Waals surface area contributed by atoms with E-state index in [0.29, 0.717) is 17.2 Å². The van der Waals surface area contributed by atoms with Gasteiger partial charge < -0.3 is 19.4 Å². The van der Waals surface area contributed by atoms with E-state index in [4.69, 9.17) is 10.3 Å². The highest BCUT2D eigenvalue weighted by Gasteiger charge is 2.27. The van der Waals surface area contributed by atoms with E-state index in [9.17, 15) is 13.6 Å². The summed E-state index contributed by atoms with van der Waals surface area (Å²) in [5, 5.41) is 5.79. The molecule has 2 heterocycles. The zero-order valence-electron chi connectivity index (χ0n) is 17.3. The summed E-state index contributed by atoms with van der Waals surface area (Å²) in [7, 11) is 0. The predicted octanol–water partition coefficient (Wildman–Crippen LogP) is 4.30. The maximum Gasteiger partial charge on any atom is 0.250 e. The molecule has 1 fully saturated rings. The number of amides is 1. The zero-order valence-corrected chi connectivity index (χ0v) is 18.2. The molecule has 0 bridgehead atoms. The lowest BCUT2D eigenvalue weighted by molar-refractivity contribution is 0.100. The summed E-state index contributed by atoms with van der Waals surface area (Å²) >= 11 is -1.99. The highest BCUT2D eigenvalue weighted by molar-refractivity contribution is 7.78. The van der Waals surface area contributed by atoms with Crippen LogP contribution in [0.5, 0.6) is 0 Å². The Labute approximate surface area is 181 Å². The zero-order chi connectivity index (χ0) is 21.9. The van der Waals surface area contributed by atoms with Crippen LogP contribution in [0.15, 0.2) is 34.9 Å². The van der Waals surface area contributed by atoms with Crippen molar-refractivity contribution in [3.8, 4) is 11.1 Å². The highest BCUT2D eigenvalue weighted by atomic mass is 32.2. The molecule has 1 aliphatic carbocycles. The van der Waals surface area contributed by atoms with Crippen LogP contribution in [-0.4, -0.2) is 24.4 Å². The average Bonchev–Trinajstić information content (AvgIpc) is 3.40. The van der Waals surface area contributed by atoms with E-state index in [2.05, 4.69) is 9.72 Å². The molecule has 8 heteroatoms. The number of rotatable bonds is 6. The summed E-state index contributed by atoms with van der Waals surface area (Å²) in [5.74, 6) is 0.732. The average molecular weight is 438 g/mol. The fourth-order valence-corrected chi connectivity index (χ4v) is 5.09. The molecule has 160 valence electrons. The molecule has 1 amide bonds. The van der Waals surface area contributed by atoms with E-state index >= 15 is 0 Å². The van der Waals surface area contributed by atoms with Gasteiger partial charge in [-0.3, -0.25) is 4.79 Å². The van der Waals surface area contributed by atoms with E-state index in [1.165, 1.54) is 0 Å². The van der Waals surface area contributed by atoms with Crippen LogP contribution in [0.3, 0.4) is 0 Å². The summed E-state index contributed by atoms with van der Waals surface area (Å²) in [6.45, 7) is 4.48. The van der Waals surface area contributed by atoms with Crippen LogP contribution in [0.25, 0.3) is 32.9 Å². The normalized spacial score (nSPS) is 15.1. The minimum atomic E-state index is -1.99. The second kappa shape index (κ2) is 7.32. The molecule has 31 heavy (non-hydrogen) atoms. The van der Waals surface area contributed by atoms with Gasteiger partial charge in [0.1, 0.15) is 5.76 Å². The Morgan fingerprint density at radius 2 is 2.10 bits per heavy atom. The molecule has 0 aliphatic heterocycles. The molecule has 1 saturated carbocycles. The van der Waals surface area contributed by atoms with Crippen molar-refractivity contribution in [2.24, 2.45) is 11.7 Å². The lowest BCUT2D eigenvalue weighted by atomic mass is 9.97. The van der Waals surface area contributed by atoms with Crippen LogP contribution < -0.4 is 5.73 Å². The van der Waals surface area contributed by atoms with Gasteiger partial charge in [0.2, 0.25) is 0 Å². The number of carbonyl (C=O) groups excluding carboxylic acids is 1. The van der Waals surface area contributed by atoms with Crippen molar-refractivity contribution in [1.29, 1.82) is 0 Å². The molecule has 1 aliphatic rings. The molecule has 1 atom stereocenters. The van der Waals surface area contributed by atoms with Gasteiger partial charge in [-0.25, -0.2) is 4.21 Å². The van der Waals surface area contributed by atoms with Gasteiger partial charge in [0.05, 0.1) is 22.5 Å². The molecule has 5 rings (SSSR count). The van der Waals surface area contributed by atoms with Crippen LogP contribution in [0.2, 0.25) is 0 Å². The number of nitrogens with zero attached hydrogens (tertiary/aromatic N) is 2. The van der Waals surface area contributed by atoms with Crippen molar-refractivity contribution in [1.82, 2.24) is 9.72 Å². The molecular weight excluding hydrogens is 414 g/mol. The summed E-state index contributed by atoms with van der Waals surface area (Å²) in [5.41, 5.74) is 11.1. The predicted molar refractivity (Wildman–Crippen MR) is 120 cm³/mol. The molecule has 4 aromatic rings. The van der Waals surface area contributed by atoms with Crippen molar-refractivity contribution in [2.45, 2.75) is 39.0 Å². The molecule has 2 aromatic heterocycles. The van der Waals surface area contributed by atoms with Gasteiger partial charge in [-0.15, -0.1) is 0 Å². The topological polar surface area (TPSA) is 111 Å². The number of primary amides is 1. The van der Waals surface area contributed by atoms with Gasteiger partial charge in [-0.1, -0.05) is 17.3 Å². The molecule has 2 aromatic carbocycles. The van der Waals surface area contributed by atoms with Crippen molar-refractivity contribution < 1.29 is 18.1 Å². The first kappa shape index (κ1) is 20.0. The highest BCUT2D eigenvalue weighted by Crippen LogP contribution is 2.41. The lowest BCUT2D eigenvalue weighted by Crippen LogP contribution is -2.14. The molecule has 0 saturated heterocycles. The van der Waals surface area contributed by atoms with Crippen molar-refractivity contribution in [3.05, 3.63) is 52.9 Å². The van der Waals surface area contributed by atoms with Gasteiger partial charge in [0.15, 0.2) is 11.1 Å². The van der Waals surface area contributed by atoms with Gasteiger partial charge in [0.25, 0.3) is 5.91 Å². The number of nitrogens with two attached hydrogens (primary N) is 1. The second-order valence-electron chi connectivity index (χ2n) is 8.31. The van der Waals surface area contributed by atoms with Crippen molar-refractivity contribution in [2.75, 3.05) is 0 Å². The second-order valence-corrected chi connectivity index (χ2v) is 9.25. The van der Waals surface area contributed by atoms with Crippen LogP contribution in [0.4, 0.5) is 0 Å². The minimum absolute atomic E-state index is 0.0152. The summed E-state index contributed by atoms with van der Waals surface area (Å²) in [6.07, 6.45) is 2.31. The first-order chi connectivity index (χ1) is 14.8. The fourth-order valence-electron chi connectivity index (χ4n) is 4.59. The Balaban J connectivity index is 1.92. The standard InChI is InChI=1S/C23H23N3O4S/c1-12-20(13(2)30-25-12)16-8-17-21-15(11-31(28)29)4-3-5-19(21)26(10-14-6-7-14)22(17)18(9-16)23(24)27/h3-5,8-9,14H,6-7,10-11H2,1-2H3,(H2,24,27)(H,28,29). The number of carbonyl (C=O) groups is 1. The van der Waals surface area contributed by atoms with Crippen LogP contribution in [-0.2, 0) is 23.4 Å². The molecule has 1 unspecified atom stereocenters. The number of fused-ring (bicyclic) bond motifs is 3. The van der Waals surface area contributed by atoms with Gasteiger partial charge in [-0.05, 0) is 61.9 Å². The smallest absolute Gasteiger partial charge is 0.250 e. The number of benzene rings is 2. The third-order valence-electron chi connectivity index (χ3n) is 6.07. The Kier molecular flexibility index (Phi) is 4.71. The number of aromatic nitrogens is 2. The van der Waals surface area contributed by atoms with E-state index in [0.717, 1.165) is 63.6 Å². The lowest BCUT2D eigenvalue weighted by Gasteiger charge is -2.11. The monoisotopic (exact) mass is 437 g/mol. The molecule has 3 N–H and O–H groups in total. The van der Waals surface area contributed by atoms with Gasteiger partial charge >= 0.3 is 0 Å². The van der Waals surface area contributed by atoms with Gasteiger partial charge in [0, 0.05) is 28.4 Å². The fraction of sp³-hybridized carbons (Fsp3) is 0.304. The maximum absolute atomic E-state index is 12.6. The van der Waals surface area contributed by atoms with Crippen LogP contribution >= 0.6 is 0 Å². The maximum atomic E-state index is 12.6. The van der Waals surface area contributed by atoms with E-state index in [-0.39, 0.29) is 5.75 Å². The largest absolute Gasteiger partial charge is 0.366 e. The first-order valence-electron chi connectivity index (χ1n) is 10.2. The summed E-state index contributed by atoms with van der Waals surface area (Å²) in [6, 6.07) is 9.59. The Bertz CT molecular complexity index is 1360. The van der Waals surface area contributed by atoms with E-state index in [1.54, 1.807) is 0 Å². The first-order valence-corrected chi connectivity index (χ1v) is 11.5. The molecule has 0 spiro atoms.